The minimum atomic E-state index is -0.0669. The zero-order valence-corrected chi connectivity index (χ0v) is 26.1. The van der Waals surface area contributed by atoms with E-state index in [0.717, 1.165) is 28.8 Å². The van der Waals surface area contributed by atoms with Crippen LogP contribution in [0.2, 0.25) is 0 Å². The highest BCUT2D eigenvalue weighted by Crippen LogP contribution is 2.50. The second-order valence-corrected chi connectivity index (χ2v) is 15.0. The quantitative estimate of drug-likeness (QED) is 0.379. The van der Waals surface area contributed by atoms with Crippen molar-refractivity contribution >= 4 is 18.3 Å². The topological polar surface area (TPSA) is 18.5 Å². The highest BCUT2D eigenvalue weighted by molar-refractivity contribution is 7.32. The molecule has 0 N–H and O–H groups in total. The Kier molecular flexibility index (Phi) is 8.66. The molecular weight excluding hydrogens is 454 g/mol. The van der Waals surface area contributed by atoms with E-state index in [2.05, 4.69) is 124 Å². The van der Waals surface area contributed by atoms with E-state index < -0.39 is 0 Å². The predicted octanol–water partition coefficient (Wildman–Crippen LogP) is 9.70. The van der Waals surface area contributed by atoms with Crippen molar-refractivity contribution in [2.24, 2.45) is 0 Å². The molecule has 0 aliphatic carbocycles. The van der Waals surface area contributed by atoms with Gasteiger partial charge in [0.25, 0.3) is 0 Å². The summed E-state index contributed by atoms with van der Waals surface area (Å²) in [5, 5.41) is 0. The van der Waals surface area contributed by atoms with Crippen molar-refractivity contribution in [2.45, 2.75) is 112 Å². The Balaban J connectivity index is 3.15. The third-order valence-corrected chi connectivity index (χ3v) is 7.13. The molecule has 0 heterocycles. The van der Waals surface area contributed by atoms with Crippen molar-refractivity contribution in [2.75, 3.05) is 6.16 Å². The monoisotopic (exact) mass is 502 g/mol. The Morgan fingerprint density at radius 3 is 1.32 bits per heavy atom. The van der Waals surface area contributed by atoms with Gasteiger partial charge in [0, 0.05) is 22.3 Å². The Morgan fingerprint density at radius 1 is 0.618 bits per heavy atom. The van der Waals surface area contributed by atoms with E-state index in [9.17, 15) is 0 Å². The van der Waals surface area contributed by atoms with Crippen molar-refractivity contribution in [3.05, 3.63) is 46.5 Å². The van der Waals surface area contributed by atoms with Gasteiger partial charge in [-0.05, 0) is 51.1 Å². The molecule has 0 saturated heterocycles. The summed E-state index contributed by atoms with van der Waals surface area (Å²) in [5.41, 5.74) is 7.23. The maximum atomic E-state index is 6.58. The van der Waals surface area contributed by atoms with Gasteiger partial charge in [-0.25, -0.2) is 0 Å². The van der Waals surface area contributed by atoms with Gasteiger partial charge in [-0.2, -0.15) is 0 Å². The van der Waals surface area contributed by atoms with Gasteiger partial charge in [-0.3, -0.25) is 0 Å². The summed E-state index contributed by atoms with van der Waals surface area (Å²) in [6.07, 6.45) is 0.992. The number of rotatable bonds is 5. The van der Waals surface area contributed by atoms with Crippen molar-refractivity contribution < 1.29 is 9.05 Å². The second kappa shape index (κ2) is 10.1. The second-order valence-electron chi connectivity index (χ2n) is 13.5. The van der Waals surface area contributed by atoms with Crippen molar-refractivity contribution in [1.29, 1.82) is 0 Å². The van der Waals surface area contributed by atoms with Crippen LogP contribution in [0.1, 0.15) is 112 Å². The first-order valence-electron chi connectivity index (χ1n) is 12.5. The van der Waals surface area contributed by atoms with E-state index in [1.54, 1.807) is 0 Å². The lowest BCUT2D eigenvalue weighted by Crippen LogP contribution is -2.19. The molecule has 0 bridgehead atoms. The first-order chi connectivity index (χ1) is 15.3. The normalized spacial score (nSPS) is 13.6. The zero-order chi connectivity index (χ0) is 26.3. The summed E-state index contributed by atoms with van der Waals surface area (Å²) in [6, 6.07) is 9.35. The van der Waals surface area contributed by atoms with E-state index in [0.29, 0.717) is 8.81 Å². The van der Waals surface area contributed by atoms with Crippen LogP contribution in [-0.4, -0.2) is 6.16 Å². The first kappa shape index (κ1) is 29.1. The van der Waals surface area contributed by atoms with Crippen LogP contribution in [0.5, 0.6) is 11.5 Å². The summed E-state index contributed by atoms with van der Waals surface area (Å²) in [4.78, 5) is 0. The molecule has 2 rings (SSSR count). The van der Waals surface area contributed by atoms with Gasteiger partial charge < -0.3 is 9.05 Å². The van der Waals surface area contributed by atoms with E-state index >= 15 is 0 Å². The maximum absolute atomic E-state index is 6.58. The molecule has 0 aliphatic heterocycles. The number of hydrogen-bond donors (Lipinski definition) is 0. The molecule has 2 atom stereocenters. The summed E-state index contributed by atoms with van der Waals surface area (Å²) in [7, 11) is 2.92. The molecule has 0 radical (unpaired) electrons. The van der Waals surface area contributed by atoms with Crippen LogP contribution in [-0.2, 0) is 21.7 Å². The van der Waals surface area contributed by atoms with Gasteiger partial charge in [-0.1, -0.05) is 102 Å². The van der Waals surface area contributed by atoms with Crippen molar-refractivity contribution in [3.8, 4) is 22.6 Å². The van der Waals surface area contributed by atoms with E-state index in [1.165, 1.54) is 22.3 Å². The van der Waals surface area contributed by atoms with Crippen LogP contribution >= 0.6 is 18.3 Å². The fourth-order valence-electron chi connectivity index (χ4n) is 4.02. The van der Waals surface area contributed by atoms with Crippen LogP contribution in [0.25, 0.3) is 11.1 Å². The van der Waals surface area contributed by atoms with Gasteiger partial charge in [0.05, 0.1) is 18.3 Å². The molecule has 0 aromatic heterocycles. The lowest BCUT2D eigenvalue weighted by molar-refractivity contribution is 0.529. The third kappa shape index (κ3) is 6.56. The Morgan fingerprint density at radius 2 is 1.00 bits per heavy atom. The molecule has 0 amide bonds. The molecule has 2 unspecified atom stereocenters. The molecule has 0 fully saturated rings. The largest absolute Gasteiger partial charge is 0.479 e. The molecule has 190 valence electrons. The maximum Gasteiger partial charge on any atom is 0.134 e. The zero-order valence-electron chi connectivity index (χ0n) is 23.9. The summed E-state index contributed by atoms with van der Waals surface area (Å²) < 4.78 is 12.7. The predicted molar refractivity (Wildman–Crippen MR) is 156 cm³/mol. The molecule has 0 spiro atoms. The SMILES string of the molecule is CCPOc1c(-c2cc(C(C)(C)C)cc(C(C)(C)C)c2OP)cc(C(C)(C)C)cc1C(C)(C)C. The standard InChI is InChI=1S/C30H48O2P2/c1-14-34-32-26-22(16-20(28(5,6)7)18-24(26)30(11,12)13)21-15-19(27(2,3)4)17-23(25(21)31-33)29(8,9)10/h15-18,34H,14,33H2,1-13H3. The molecule has 4 heteroatoms. The number of benzene rings is 2. The third-order valence-electron chi connectivity index (χ3n) is 6.25. The van der Waals surface area contributed by atoms with Crippen LogP contribution in [0.15, 0.2) is 24.3 Å². The molecule has 2 nitrogen and oxygen atoms in total. The fraction of sp³-hybridized carbons (Fsp3) is 0.600. The van der Waals surface area contributed by atoms with Crippen LogP contribution in [0, 0.1) is 0 Å². The smallest absolute Gasteiger partial charge is 0.134 e. The average molecular weight is 503 g/mol. The van der Waals surface area contributed by atoms with Gasteiger partial charge in [0.1, 0.15) is 11.5 Å². The highest BCUT2D eigenvalue weighted by atomic mass is 31.1. The molecule has 2 aromatic rings. The minimum Gasteiger partial charge on any atom is -0.479 e. The van der Waals surface area contributed by atoms with Gasteiger partial charge in [0.2, 0.25) is 0 Å². The molecular formula is C30H48O2P2. The Labute approximate surface area is 214 Å². The summed E-state index contributed by atoms with van der Waals surface area (Å²) >= 11 is 0. The van der Waals surface area contributed by atoms with Crippen molar-refractivity contribution in [3.63, 3.8) is 0 Å². The Hall–Kier alpha value is -1.10. The van der Waals surface area contributed by atoms with Crippen LogP contribution < -0.4 is 9.05 Å². The molecule has 0 saturated carbocycles. The van der Waals surface area contributed by atoms with Gasteiger partial charge in [0.15, 0.2) is 0 Å². The highest BCUT2D eigenvalue weighted by Gasteiger charge is 2.31. The van der Waals surface area contributed by atoms with E-state index in [4.69, 9.17) is 9.05 Å². The lowest BCUT2D eigenvalue weighted by atomic mass is 9.75. The van der Waals surface area contributed by atoms with Crippen LogP contribution in [0.4, 0.5) is 0 Å². The average Bonchev–Trinajstić information content (AvgIpc) is 2.67. The molecule has 2 aromatic carbocycles. The molecule has 0 aliphatic rings. The minimum absolute atomic E-state index is 0.00878. The fourth-order valence-corrected chi connectivity index (χ4v) is 4.78. The first-order valence-corrected chi connectivity index (χ1v) is 14.1. The molecule has 34 heavy (non-hydrogen) atoms. The van der Waals surface area contributed by atoms with Gasteiger partial charge in [-0.15, -0.1) is 0 Å². The number of hydrogen-bond acceptors (Lipinski definition) is 2. The van der Waals surface area contributed by atoms with E-state index in [-0.39, 0.29) is 21.7 Å². The summed E-state index contributed by atoms with van der Waals surface area (Å²) in [6.45, 7) is 29.5. The van der Waals surface area contributed by atoms with E-state index in [1.807, 2.05) is 0 Å². The Bertz CT molecular complexity index is 1010. The van der Waals surface area contributed by atoms with Crippen LogP contribution in [0.3, 0.4) is 0 Å². The van der Waals surface area contributed by atoms with Gasteiger partial charge >= 0.3 is 0 Å². The lowest BCUT2D eigenvalue weighted by Gasteiger charge is -2.32. The summed E-state index contributed by atoms with van der Waals surface area (Å²) in [5.74, 6) is 1.91. The van der Waals surface area contributed by atoms with Crippen molar-refractivity contribution in [1.82, 2.24) is 0 Å².